The van der Waals surface area contributed by atoms with E-state index in [4.69, 9.17) is 9.15 Å². The summed E-state index contributed by atoms with van der Waals surface area (Å²) in [7, 11) is 0. The molecule has 138 valence electrons. The van der Waals surface area contributed by atoms with Gasteiger partial charge in [-0.15, -0.1) is 0 Å². The number of nitrogens with zero attached hydrogens (tertiary/aromatic N) is 2. The lowest BCUT2D eigenvalue weighted by atomic mass is 9.92. The van der Waals surface area contributed by atoms with Crippen molar-refractivity contribution in [2.75, 3.05) is 13.1 Å². The van der Waals surface area contributed by atoms with E-state index < -0.39 is 5.60 Å². The largest absolute Gasteiger partial charge is 0.444 e. The second kappa shape index (κ2) is 7.32. The molecule has 6 heteroatoms. The van der Waals surface area contributed by atoms with Gasteiger partial charge in [-0.05, 0) is 33.6 Å². The Morgan fingerprint density at radius 2 is 1.81 bits per heavy atom. The normalized spacial score (nSPS) is 15.7. The fourth-order valence-electron chi connectivity index (χ4n) is 2.95. The first-order valence-electron chi connectivity index (χ1n) is 8.87. The number of aromatic nitrogens is 1. The third kappa shape index (κ3) is 4.31. The first-order chi connectivity index (χ1) is 12.3. The third-order valence-corrected chi connectivity index (χ3v) is 4.29. The second-order valence-corrected chi connectivity index (χ2v) is 7.50. The highest BCUT2D eigenvalue weighted by Crippen LogP contribution is 2.25. The van der Waals surface area contributed by atoms with Gasteiger partial charge in [-0.3, -0.25) is 4.79 Å². The Morgan fingerprint density at radius 1 is 1.15 bits per heavy atom. The Bertz CT molecular complexity index is 769. The SMILES string of the molecule is CC(C)(C)OC(=O)N1CCC(C(=O)c2ncc(-c3ccccc3)o2)CC1. The van der Waals surface area contributed by atoms with Crippen LogP contribution < -0.4 is 0 Å². The number of hydrogen-bond donors (Lipinski definition) is 0. The molecular formula is C20H24N2O4. The third-order valence-electron chi connectivity index (χ3n) is 4.29. The molecule has 1 aliphatic heterocycles. The standard InChI is InChI=1S/C20H24N2O4/c1-20(2,3)26-19(24)22-11-9-15(10-12-22)17(23)18-21-13-16(25-18)14-7-5-4-6-8-14/h4-8,13,15H,9-12H2,1-3H3. The van der Waals surface area contributed by atoms with Gasteiger partial charge < -0.3 is 14.1 Å². The Labute approximate surface area is 153 Å². The number of benzene rings is 1. The molecule has 6 nitrogen and oxygen atoms in total. The van der Waals surface area contributed by atoms with E-state index in [-0.39, 0.29) is 23.7 Å². The van der Waals surface area contributed by atoms with Crippen molar-refractivity contribution in [1.29, 1.82) is 0 Å². The molecule has 2 heterocycles. The van der Waals surface area contributed by atoms with E-state index in [1.807, 2.05) is 51.1 Å². The molecule has 1 aliphatic rings. The lowest BCUT2D eigenvalue weighted by molar-refractivity contribution is 0.0180. The van der Waals surface area contributed by atoms with Gasteiger partial charge in [-0.1, -0.05) is 30.3 Å². The van der Waals surface area contributed by atoms with Crippen molar-refractivity contribution in [1.82, 2.24) is 9.88 Å². The summed E-state index contributed by atoms with van der Waals surface area (Å²) in [5, 5.41) is 0. The first-order valence-corrected chi connectivity index (χ1v) is 8.87. The molecule has 0 saturated carbocycles. The molecule has 3 rings (SSSR count). The number of piperidine rings is 1. The molecule has 1 fully saturated rings. The van der Waals surface area contributed by atoms with Gasteiger partial charge in [0.05, 0.1) is 6.20 Å². The molecule has 0 bridgehead atoms. The average Bonchev–Trinajstić information content (AvgIpc) is 3.11. The highest BCUT2D eigenvalue weighted by molar-refractivity contribution is 5.94. The Balaban J connectivity index is 1.59. The van der Waals surface area contributed by atoms with Gasteiger partial charge in [0.1, 0.15) is 5.60 Å². The molecule has 0 atom stereocenters. The van der Waals surface area contributed by atoms with Crippen LogP contribution in [0.1, 0.15) is 44.3 Å². The van der Waals surface area contributed by atoms with Crippen molar-refractivity contribution < 1.29 is 18.7 Å². The number of likely N-dealkylation sites (tertiary alicyclic amines) is 1. The summed E-state index contributed by atoms with van der Waals surface area (Å²) < 4.78 is 11.0. The highest BCUT2D eigenvalue weighted by Gasteiger charge is 2.32. The Kier molecular flexibility index (Phi) is 5.11. The first kappa shape index (κ1) is 18.2. The minimum atomic E-state index is -0.518. The average molecular weight is 356 g/mol. The van der Waals surface area contributed by atoms with E-state index in [2.05, 4.69) is 4.98 Å². The number of hydrogen-bond acceptors (Lipinski definition) is 5. The Hall–Kier alpha value is -2.63. The summed E-state index contributed by atoms with van der Waals surface area (Å²) >= 11 is 0. The van der Waals surface area contributed by atoms with Crippen LogP contribution in [-0.4, -0.2) is 40.5 Å². The topological polar surface area (TPSA) is 72.6 Å². The van der Waals surface area contributed by atoms with Gasteiger partial charge in [0.25, 0.3) is 5.89 Å². The molecule has 1 aromatic carbocycles. The zero-order chi connectivity index (χ0) is 18.7. The zero-order valence-corrected chi connectivity index (χ0v) is 15.4. The molecule has 0 aliphatic carbocycles. The van der Waals surface area contributed by atoms with Crippen molar-refractivity contribution in [2.45, 2.75) is 39.2 Å². The van der Waals surface area contributed by atoms with E-state index in [9.17, 15) is 9.59 Å². The quantitative estimate of drug-likeness (QED) is 0.772. The van der Waals surface area contributed by atoms with Gasteiger partial charge in [0.15, 0.2) is 5.76 Å². The van der Waals surface area contributed by atoms with Crippen LogP contribution in [0.3, 0.4) is 0 Å². The Morgan fingerprint density at radius 3 is 2.42 bits per heavy atom. The molecule has 0 unspecified atom stereocenters. The lowest BCUT2D eigenvalue weighted by Crippen LogP contribution is -2.43. The van der Waals surface area contributed by atoms with Crippen LogP contribution in [0.2, 0.25) is 0 Å². The predicted octanol–water partition coefficient (Wildman–Crippen LogP) is 4.17. The molecule has 0 spiro atoms. The van der Waals surface area contributed by atoms with Gasteiger partial charge in [0, 0.05) is 24.6 Å². The monoisotopic (exact) mass is 356 g/mol. The van der Waals surface area contributed by atoms with Crippen LogP contribution in [-0.2, 0) is 4.74 Å². The van der Waals surface area contributed by atoms with Gasteiger partial charge in [-0.25, -0.2) is 9.78 Å². The smallest absolute Gasteiger partial charge is 0.410 e. The highest BCUT2D eigenvalue weighted by atomic mass is 16.6. The number of ether oxygens (including phenoxy) is 1. The molecule has 1 saturated heterocycles. The van der Waals surface area contributed by atoms with E-state index in [0.29, 0.717) is 31.7 Å². The maximum absolute atomic E-state index is 12.7. The maximum Gasteiger partial charge on any atom is 0.410 e. The van der Waals surface area contributed by atoms with Crippen LogP contribution in [0.25, 0.3) is 11.3 Å². The predicted molar refractivity (Wildman–Crippen MR) is 96.8 cm³/mol. The van der Waals surface area contributed by atoms with Crippen LogP contribution in [0.4, 0.5) is 4.79 Å². The molecule has 2 aromatic rings. The van der Waals surface area contributed by atoms with Gasteiger partial charge in [0.2, 0.25) is 5.78 Å². The molecule has 1 amide bonds. The van der Waals surface area contributed by atoms with Crippen molar-refractivity contribution in [3.8, 4) is 11.3 Å². The second-order valence-electron chi connectivity index (χ2n) is 7.50. The van der Waals surface area contributed by atoms with Gasteiger partial charge in [-0.2, -0.15) is 0 Å². The molecular weight excluding hydrogens is 332 g/mol. The van der Waals surface area contributed by atoms with Gasteiger partial charge >= 0.3 is 6.09 Å². The van der Waals surface area contributed by atoms with Crippen LogP contribution in [0, 0.1) is 5.92 Å². The summed E-state index contributed by atoms with van der Waals surface area (Å²) in [6.07, 6.45) is 2.42. The van der Waals surface area contributed by atoms with Crippen molar-refractivity contribution in [3.05, 3.63) is 42.4 Å². The lowest BCUT2D eigenvalue weighted by Gasteiger charge is -2.32. The van der Waals surface area contributed by atoms with E-state index >= 15 is 0 Å². The molecule has 0 radical (unpaired) electrons. The van der Waals surface area contributed by atoms with E-state index in [0.717, 1.165) is 5.56 Å². The molecule has 0 N–H and O–H groups in total. The maximum atomic E-state index is 12.7. The summed E-state index contributed by atoms with van der Waals surface area (Å²) in [5.41, 5.74) is 0.370. The summed E-state index contributed by atoms with van der Waals surface area (Å²) in [4.78, 5) is 30.6. The van der Waals surface area contributed by atoms with E-state index in [1.165, 1.54) is 0 Å². The minimum absolute atomic E-state index is 0.101. The summed E-state index contributed by atoms with van der Waals surface area (Å²) in [6, 6.07) is 9.56. The van der Waals surface area contributed by atoms with Crippen molar-refractivity contribution in [3.63, 3.8) is 0 Å². The van der Waals surface area contributed by atoms with Crippen molar-refractivity contribution >= 4 is 11.9 Å². The number of amides is 1. The number of carbonyl (C=O) groups excluding carboxylic acids is 2. The molecule has 26 heavy (non-hydrogen) atoms. The van der Waals surface area contributed by atoms with Crippen LogP contribution >= 0.6 is 0 Å². The van der Waals surface area contributed by atoms with E-state index in [1.54, 1.807) is 11.1 Å². The number of Topliss-reactive ketones (excluding diaryl/α,β-unsaturated/α-hetero) is 1. The fraction of sp³-hybridized carbons (Fsp3) is 0.450. The summed E-state index contributed by atoms with van der Waals surface area (Å²) in [6.45, 7) is 6.52. The fourth-order valence-corrected chi connectivity index (χ4v) is 2.95. The van der Waals surface area contributed by atoms with Crippen molar-refractivity contribution in [2.24, 2.45) is 5.92 Å². The zero-order valence-electron chi connectivity index (χ0n) is 15.4. The molecule has 1 aromatic heterocycles. The number of oxazole rings is 1. The number of rotatable bonds is 3. The summed E-state index contributed by atoms with van der Waals surface area (Å²) in [5.74, 6) is 0.437. The number of ketones is 1. The number of carbonyl (C=O) groups is 2. The van der Waals surface area contributed by atoms with Crippen LogP contribution in [0.15, 0.2) is 40.9 Å². The van der Waals surface area contributed by atoms with Crippen LogP contribution in [0.5, 0.6) is 0 Å². The minimum Gasteiger partial charge on any atom is -0.444 e.